The number of benzene rings is 1. The second-order valence-electron chi connectivity index (χ2n) is 9.50. The van der Waals surface area contributed by atoms with Crippen molar-refractivity contribution in [2.75, 3.05) is 0 Å². The maximum Gasteiger partial charge on any atom is 0.374 e. The van der Waals surface area contributed by atoms with E-state index in [0.29, 0.717) is 16.9 Å². The van der Waals surface area contributed by atoms with E-state index >= 15 is 0 Å². The van der Waals surface area contributed by atoms with Gasteiger partial charge in [0, 0.05) is 30.8 Å². The van der Waals surface area contributed by atoms with E-state index in [0.717, 1.165) is 38.5 Å². The van der Waals surface area contributed by atoms with Gasteiger partial charge in [0.05, 0.1) is 11.4 Å². The molecule has 1 aromatic carbocycles. The summed E-state index contributed by atoms with van der Waals surface area (Å²) in [4.78, 5) is 19.7. The molecule has 3 unspecified atom stereocenters. The minimum absolute atomic E-state index is 0.0264. The first kappa shape index (κ1) is 31.2. The van der Waals surface area contributed by atoms with Gasteiger partial charge in [0.2, 0.25) is 0 Å². The first-order valence-electron chi connectivity index (χ1n) is 13.4. The summed E-state index contributed by atoms with van der Waals surface area (Å²) in [7, 11) is 0. The van der Waals surface area contributed by atoms with Crippen molar-refractivity contribution in [3.63, 3.8) is 0 Å². The smallest absolute Gasteiger partial charge is 0.374 e. The molecule has 0 aromatic heterocycles. The zero-order valence-corrected chi connectivity index (χ0v) is 22.5. The SMILES string of the molecule is C=CC(C=Nc1ccc(C(O)NC2C=C(CC)CCC2)cc1N=CCCCC(F)(F)C(=O)O)C/C=C\CC. The number of alkyl halides is 2. The summed E-state index contributed by atoms with van der Waals surface area (Å²) in [6.45, 7) is 8.08. The van der Waals surface area contributed by atoms with Crippen molar-refractivity contribution in [1.29, 1.82) is 0 Å². The average molecular weight is 530 g/mol. The highest BCUT2D eigenvalue weighted by atomic mass is 19.3. The van der Waals surface area contributed by atoms with E-state index in [1.54, 1.807) is 24.4 Å². The molecule has 0 heterocycles. The fraction of sp³-hybridized carbons (Fsp3) is 0.500. The summed E-state index contributed by atoms with van der Waals surface area (Å²) in [5.74, 6) is -5.84. The van der Waals surface area contributed by atoms with Gasteiger partial charge in [-0.15, -0.1) is 6.58 Å². The third-order valence-corrected chi connectivity index (χ3v) is 6.48. The molecule has 0 saturated carbocycles. The monoisotopic (exact) mass is 529 g/mol. The number of rotatable bonds is 16. The van der Waals surface area contributed by atoms with Crippen LogP contribution < -0.4 is 5.32 Å². The van der Waals surface area contributed by atoms with E-state index in [1.165, 1.54) is 11.8 Å². The van der Waals surface area contributed by atoms with Gasteiger partial charge in [0.25, 0.3) is 0 Å². The van der Waals surface area contributed by atoms with Crippen molar-refractivity contribution in [2.24, 2.45) is 15.9 Å². The maximum absolute atomic E-state index is 13.3. The Morgan fingerprint density at radius 1 is 1.26 bits per heavy atom. The van der Waals surface area contributed by atoms with Crippen LogP contribution in [-0.4, -0.2) is 40.6 Å². The van der Waals surface area contributed by atoms with E-state index in [4.69, 9.17) is 5.11 Å². The Bertz CT molecular complexity index is 1030. The van der Waals surface area contributed by atoms with Crippen LogP contribution >= 0.6 is 0 Å². The molecule has 0 bridgehead atoms. The number of hydrogen-bond donors (Lipinski definition) is 3. The predicted molar refractivity (Wildman–Crippen MR) is 151 cm³/mol. The number of allylic oxidation sites excluding steroid dienone is 4. The molecule has 2 rings (SSSR count). The van der Waals surface area contributed by atoms with Crippen LogP contribution in [0.5, 0.6) is 0 Å². The maximum atomic E-state index is 13.3. The lowest BCUT2D eigenvalue weighted by Crippen LogP contribution is -2.33. The lowest BCUT2D eigenvalue weighted by Gasteiger charge is -2.25. The van der Waals surface area contributed by atoms with Crippen LogP contribution in [0.3, 0.4) is 0 Å². The van der Waals surface area contributed by atoms with Crippen LogP contribution in [0.2, 0.25) is 0 Å². The van der Waals surface area contributed by atoms with E-state index in [2.05, 4.69) is 54.0 Å². The molecule has 8 heteroatoms. The van der Waals surface area contributed by atoms with Crippen LogP contribution in [-0.2, 0) is 4.79 Å². The van der Waals surface area contributed by atoms with E-state index in [9.17, 15) is 18.7 Å². The number of aliphatic imine (C=N–C) groups is 2. The Hall–Kier alpha value is -2.97. The van der Waals surface area contributed by atoms with Gasteiger partial charge >= 0.3 is 11.9 Å². The van der Waals surface area contributed by atoms with Gasteiger partial charge in [0.15, 0.2) is 0 Å². The van der Waals surface area contributed by atoms with Gasteiger partial charge in [-0.2, -0.15) is 8.78 Å². The normalized spacial score (nSPS) is 18.2. The molecule has 38 heavy (non-hydrogen) atoms. The number of nitrogens with one attached hydrogen (secondary N) is 1. The predicted octanol–water partition coefficient (Wildman–Crippen LogP) is 7.61. The van der Waals surface area contributed by atoms with Gasteiger partial charge < -0.3 is 10.2 Å². The molecule has 0 aliphatic heterocycles. The Balaban J connectivity index is 2.21. The lowest BCUT2D eigenvalue weighted by molar-refractivity contribution is -0.165. The summed E-state index contributed by atoms with van der Waals surface area (Å²) in [6.07, 6.45) is 15.8. The number of aliphatic hydroxyl groups is 1. The number of carboxylic acids is 1. The summed E-state index contributed by atoms with van der Waals surface area (Å²) >= 11 is 0. The highest BCUT2D eigenvalue weighted by Gasteiger charge is 2.37. The number of halogens is 2. The van der Waals surface area contributed by atoms with Gasteiger partial charge in [-0.05, 0) is 69.1 Å². The number of unbranched alkanes of at least 4 members (excludes halogenated alkanes) is 1. The first-order chi connectivity index (χ1) is 18.2. The molecular weight excluding hydrogens is 488 g/mol. The Morgan fingerprint density at radius 3 is 2.74 bits per heavy atom. The largest absolute Gasteiger partial charge is 0.477 e. The Labute approximate surface area is 225 Å². The van der Waals surface area contributed by atoms with Crippen molar-refractivity contribution in [1.82, 2.24) is 5.32 Å². The molecule has 0 amide bonds. The van der Waals surface area contributed by atoms with E-state index in [1.807, 2.05) is 6.08 Å². The number of nitrogens with zero attached hydrogens (tertiary/aromatic N) is 2. The molecule has 3 N–H and O–H groups in total. The molecule has 0 radical (unpaired) electrons. The molecule has 3 atom stereocenters. The van der Waals surface area contributed by atoms with E-state index in [-0.39, 0.29) is 24.8 Å². The van der Waals surface area contributed by atoms with Gasteiger partial charge in [0.1, 0.15) is 6.23 Å². The molecule has 6 nitrogen and oxygen atoms in total. The zero-order valence-electron chi connectivity index (χ0n) is 22.5. The van der Waals surface area contributed by atoms with Crippen molar-refractivity contribution in [2.45, 2.75) is 89.8 Å². The number of carbonyl (C=O) groups is 1. The van der Waals surface area contributed by atoms with Crippen molar-refractivity contribution in [3.05, 3.63) is 60.2 Å². The fourth-order valence-corrected chi connectivity index (χ4v) is 4.15. The highest BCUT2D eigenvalue weighted by Crippen LogP contribution is 2.32. The zero-order chi connectivity index (χ0) is 28.0. The van der Waals surface area contributed by atoms with Gasteiger partial charge in [-0.3, -0.25) is 15.3 Å². The van der Waals surface area contributed by atoms with Crippen LogP contribution in [0.25, 0.3) is 0 Å². The third-order valence-electron chi connectivity index (χ3n) is 6.48. The molecule has 1 aromatic rings. The van der Waals surface area contributed by atoms with Gasteiger partial charge in [-0.1, -0.05) is 49.8 Å². The quantitative estimate of drug-likeness (QED) is 0.0889. The summed E-state index contributed by atoms with van der Waals surface area (Å²) in [6, 6.07) is 5.39. The number of carboxylic acid groups (broad SMARTS) is 1. The lowest BCUT2D eigenvalue weighted by atomic mass is 9.94. The minimum atomic E-state index is -3.75. The Morgan fingerprint density at radius 2 is 2.05 bits per heavy atom. The van der Waals surface area contributed by atoms with Crippen LogP contribution in [0.4, 0.5) is 20.2 Å². The van der Waals surface area contributed by atoms with Crippen LogP contribution in [0.1, 0.15) is 83.4 Å². The standard InChI is InChI=1S/C30H41F2N3O3/c1-4-7-8-12-23(6-3)21-34-26-16-15-24(28(36)35-25-14-11-13-22(5-2)19-25)20-27(26)33-18-10-9-17-30(31,32)29(37)38/h6-8,15-16,18-21,23,25,28,35-36H,3-5,9-14,17H2,1-2H3,(H,37,38)/b8-7-,33-18?,34-21?. The molecule has 208 valence electrons. The van der Waals surface area contributed by atoms with Crippen molar-refractivity contribution < 1.29 is 23.8 Å². The van der Waals surface area contributed by atoms with Crippen molar-refractivity contribution in [3.8, 4) is 0 Å². The highest BCUT2D eigenvalue weighted by molar-refractivity contribution is 5.77. The molecule has 1 aliphatic carbocycles. The number of aliphatic hydroxyl groups excluding tert-OH is 1. The number of aliphatic carboxylic acids is 1. The Kier molecular flexibility index (Phi) is 13.2. The third kappa shape index (κ3) is 10.4. The first-order valence-corrected chi connectivity index (χ1v) is 13.4. The molecule has 0 fully saturated rings. The molecule has 1 aliphatic rings. The summed E-state index contributed by atoms with van der Waals surface area (Å²) < 4.78 is 26.7. The van der Waals surface area contributed by atoms with Crippen LogP contribution in [0.15, 0.2) is 64.6 Å². The van der Waals surface area contributed by atoms with Crippen molar-refractivity contribution >= 4 is 29.8 Å². The number of hydrogen-bond acceptors (Lipinski definition) is 5. The fourth-order valence-electron chi connectivity index (χ4n) is 4.15. The van der Waals surface area contributed by atoms with Crippen LogP contribution in [0, 0.1) is 5.92 Å². The average Bonchev–Trinajstić information content (AvgIpc) is 2.90. The summed E-state index contributed by atoms with van der Waals surface area (Å²) in [5.41, 5.74) is 3.07. The minimum Gasteiger partial charge on any atom is -0.477 e. The molecule has 0 spiro atoms. The van der Waals surface area contributed by atoms with Gasteiger partial charge in [-0.25, -0.2) is 4.79 Å². The topological polar surface area (TPSA) is 94.3 Å². The summed E-state index contributed by atoms with van der Waals surface area (Å²) in [5, 5.41) is 22.7. The van der Waals surface area contributed by atoms with E-state index < -0.39 is 24.5 Å². The second-order valence-corrected chi connectivity index (χ2v) is 9.50. The second kappa shape index (κ2) is 16.1. The molecule has 0 saturated heterocycles. The molecular formula is C30H41F2N3O3.